The van der Waals surface area contributed by atoms with Crippen LogP contribution < -0.4 is 10.6 Å². The van der Waals surface area contributed by atoms with E-state index in [-0.39, 0.29) is 17.2 Å². The molecule has 118 valence electrons. The fourth-order valence-electron chi connectivity index (χ4n) is 1.62. The molecule has 3 atom stereocenters. The summed E-state index contributed by atoms with van der Waals surface area (Å²) in [6.07, 6.45) is 2.06. The number of hydrogen-bond acceptors (Lipinski definition) is 3. The second-order valence-electron chi connectivity index (χ2n) is 6.20. The molecular weight excluding hydrogens is 280 g/mol. The highest BCUT2D eigenvalue weighted by molar-refractivity contribution is 7.84. The van der Waals surface area contributed by atoms with Gasteiger partial charge in [-0.3, -0.25) is 9.00 Å². The molecule has 0 aromatic heterocycles. The minimum Gasteiger partial charge on any atom is -0.481 e. The molecule has 0 rings (SSSR count). The lowest BCUT2D eigenvalue weighted by atomic mass is 9.84. The molecule has 0 spiro atoms. The molecule has 0 aliphatic rings. The zero-order valence-electron chi connectivity index (χ0n) is 12.9. The van der Waals surface area contributed by atoms with Gasteiger partial charge < -0.3 is 15.7 Å². The molecule has 0 aromatic carbocycles. The summed E-state index contributed by atoms with van der Waals surface area (Å²) in [6.45, 7) is 8.04. The SMILES string of the molecule is CC(CNC(=O)NCC(CC(C)(C)C)C(=O)O)S(C)=O. The largest absolute Gasteiger partial charge is 0.481 e. The average molecular weight is 306 g/mol. The quantitative estimate of drug-likeness (QED) is 0.658. The van der Waals surface area contributed by atoms with Crippen molar-refractivity contribution in [3.8, 4) is 0 Å². The van der Waals surface area contributed by atoms with Crippen LogP contribution in [-0.2, 0) is 15.6 Å². The molecule has 0 aromatic rings. The molecule has 6 nitrogen and oxygen atoms in total. The van der Waals surface area contributed by atoms with Crippen LogP contribution in [0.1, 0.15) is 34.1 Å². The van der Waals surface area contributed by atoms with Gasteiger partial charge in [-0.2, -0.15) is 0 Å². The van der Waals surface area contributed by atoms with E-state index in [1.165, 1.54) is 0 Å². The summed E-state index contributed by atoms with van der Waals surface area (Å²) in [5.41, 5.74) is -0.116. The Bertz CT molecular complexity index is 366. The first-order chi connectivity index (χ1) is 9.03. The van der Waals surface area contributed by atoms with E-state index in [1.54, 1.807) is 13.2 Å². The van der Waals surface area contributed by atoms with Crippen molar-refractivity contribution in [1.29, 1.82) is 0 Å². The first-order valence-corrected chi connectivity index (χ1v) is 8.22. The third-order valence-corrected chi connectivity index (χ3v) is 4.13. The maximum atomic E-state index is 11.5. The Balaban J connectivity index is 4.19. The molecule has 0 saturated carbocycles. The molecule has 0 heterocycles. The summed E-state index contributed by atoms with van der Waals surface area (Å²) in [6, 6.07) is -0.428. The number of hydrogen-bond donors (Lipinski definition) is 3. The first-order valence-electron chi connectivity index (χ1n) is 6.59. The third-order valence-electron chi connectivity index (χ3n) is 2.83. The minimum atomic E-state index is -0.997. The Morgan fingerprint density at radius 1 is 1.20 bits per heavy atom. The van der Waals surface area contributed by atoms with E-state index in [0.717, 1.165) is 0 Å². The number of nitrogens with one attached hydrogen (secondary N) is 2. The van der Waals surface area contributed by atoms with Crippen LogP contribution in [0, 0.1) is 11.3 Å². The second-order valence-corrected chi connectivity index (χ2v) is 8.00. The van der Waals surface area contributed by atoms with E-state index >= 15 is 0 Å². The van der Waals surface area contributed by atoms with Crippen molar-refractivity contribution in [2.45, 2.75) is 39.4 Å². The van der Waals surface area contributed by atoms with Crippen molar-refractivity contribution in [2.75, 3.05) is 19.3 Å². The maximum Gasteiger partial charge on any atom is 0.314 e. The molecule has 0 saturated heterocycles. The zero-order valence-corrected chi connectivity index (χ0v) is 13.7. The topological polar surface area (TPSA) is 95.5 Å². The first kappa shape index (κ1) is 18.9. The van der Waals surface area contributed by atoms with Crippen molar-refractivity contribution < 1.29 is 18.9 Å². The summed E-state index contributed by atoms with van der Waals surface area (Å²) in [5, 5.41) is 14.1. The summed E-state index contributed by atoms with van der Waals surface area (Å²) < 4.78 is 11.1. The molecule has 0 bridgehead atoms. The summed E-state index contributed by atoms with van der Waals surface area (Å²) in [5.74, 6) is -1.53. The van der Waals surface area contributed by atoms with Crippen LogP contribution in [0.5, 0.6) is 0 Å². The fourth-order valence-corrected chi connectivity index (χ4v) is 1.94. The number of amides is 2. The van der Waals surface area contributed by atoms with Gasteiger partial charge in [0.2, 0.25) is 0 Å². The van der Waals surface area contributed by atoms with Crippen LogP contribution in [0.4, 0.5) is 4.79 Å². The molecule has 3 N–H and O–H groups in total. The van der Waals surface area contributed by atoms with Crippen LogP contribution in [0.3, 0.4) is 0 Å². The van der Waals surface area contributed by atoms with Crippen molar-refractivity contribution in [1.82, 2.24) is 10.6 Å². The van der Waals surface area contributed by atoms with Gasteiger partial charge >= 0.3 is 12.0 Å². The third kappa shape index (κ3) is 8.90. The molecule has 0 aliphatic carbocycles. The van der Waals surface area contributed by atoms with Crippen LogP contribution in [-0.4, -0.2) is 45.9 Å². The summed E-state index contributed by atoms with van der Waals surface area (Å²) in [4.78, 5) is 22.7. The van der Waals surface area contributed by atoms with Gasteiger partial charge in [0.1, 0.15) is 0 Å². The highest BCUT2D eigenvalue weighted by Gasteiger charge is 2.25. The molecule has 0 aliphatic heterocycles. The number of aliphatic carboxylic acids is 1. The number of carboxylic acids is 1. The smallest absolute Gasteiger partial charge is 0.314 e. The van der Waals surface area contributed by atoms with Gasteiger partial charge in [0, 0.05) is 35.4 Å². The Kier molecular flexibility index (Phi) is 7.78. The zero-order chi connectivity index (χ0) is 15.9. The molecular formula is C13H26N2O4S. The van der Waals surface area contributed by atoms with Crippen molar-refractivity contribution >= 4 is 22.8 Å². The predicted molar refractivity (Wildman–Crippen MR) is 80.1 cm³/mol. The van der Waals surface area contributed by atoms with Gasteiger partial charge in [0.15, 0.2) is 0 Å². The molecule has 0 fully saturated rings. The van der Waals surface area contributed by atoms with Gasteiger partial charge in [0.05, 0.1) is 5.92 Å². The Morgan fingerprint density at radius 3 is 2.10 bits per heavy atom. The van der Waals surface area contributed by atoms with Gasteiger partial charge in [-0.15, -0.1) is 0 Å². The summed E-state index contributed by atoms with van der Waals surface area (Å²) in [7, 11) is -0.997. The van der Waals surface area contributed by atoms with Gasteiger partial charge in [-0.1, -0.05) is 20.8 Å². The van der Waals surface area contributed by atoms with Gasteiger partial charge in [-0.25, -0.2) is 4.79 Å². The number of carbonyl (C=O) groups is 2. The lowest BCUT2D eigenvalue weighted by molar-refractivity contribution is -0.142. The highest BCUT2D eigenvalue weighted by atomic mass is 32.2. The number of urea groups is 1. The predicted octanol–water partition coefficient (Wildman–Crippen LogP) is 1.19. The standard InChI is InChI=1S/C13H26N2O4S/c1-9(20(5)19)7-14-12(18)15-8-10(11(16)17)6-13(2,3)4/h9-10H,6-8H2,1-5H3,(H,16,17)(H2,14,15,18). The van der Waals surface area contributed by atoms with E-state index in [4.69, 9.17) is 5.11 Å². The van der Waals surface area contributed by atoms with E-state index in [9.17, 15) is 13.8 Å². The van der Waals surface area contributed by atoms with Gasteiger partial charge in [-0.05, 0) is 18.8 Å². The lowest BCUT2D eigenvalue weighted by Gasteiger charge is -2.23. The highest BCUT2D eigenvalue weighted by Crippen LogP contribution is 2.24. The Morgan fingerprint density at radius 2 is 1.70 bits per heavy atom. The van der Waals surface area contributed by atoms with Crippen LogP contribution >= 0.6 is 0 Å². The van der Waals surface area contributed by atoms with E-state index in [0.29, 0.717) is 13.0 Å². The monoisotopic (exact) mass is 306 g/mol. The Hall–Kier alpha value is -1.11. The molecule has 3 unspecified atom stereocenters. The van der Waals surface area contributed by atoms with Gasteiger partial charge in [0.25, 0.3) is 0 Å². The fraction of sp³-hybridized carbons (Fsp3) is 0.846. The Labute approximate surface area is 123 Å². The maximum absolute atomic E-state index is 11.5. The number of carboxylic acid groups (broad SMARTS) is 1. The van der Waals surface area contributed by atoms with Crippen LogP contribution in [0.25, 0.3) is 0 Å². The molecule has 2 amide bonds. The summed E-state index contributed by atoms with van der Waals surface area (Å²) >= 11 is 0. The molecule has 20 heavy (non-hydrogen) atoms. The normalized spacial score (nSPS) is 16.1. The van der Waals surface area contributed by atoms with E-state index in [2.05, 4.69) is 10.6 Å². The van der Waals surface area contributed by atoms with Crippen molar-refractivity contribution in [3.63, 3.8) is 0 Å². The lowest BCUT2D eigenvalue weighted by Crippen LogP contribution is -2.43. The second kappa shape index (κ2) is 8.24. The van der Waals surface area contributed by atoms with Crippen molar-refractivity contribution in [3.05, 3.63) is 0 Å². The average Bonchev–Trinajstić information content (AvgIpc) is 2.29. The molecule has 0 radical (unpaired) electrons. The van der Waals surface area contributed by atoms with E-state index in [1.807, 2.05) is 20.8 Å². The van der Waals surface area contributed by atoms with E-state index < -0.39 is 28.7 Å². The van der Waals surface area contributed by atoms with Crippen LogP contribution in [0.15, 0.2) is 0 Å². The minimum absolute atomic E-state index is 0.0853. The van der Waals surface area contributed by atoms with Crippen LogP contribution in [0.2, 0.25) is 0 Å². The number of rotatable bonds is 7. The molecule has 7 heteroatoms. The van der Waals surface area contributed by atoms with Crippen molar-refractivity contribution in [2.24, 2.45) is 11.3 Å². The number of carbonyl (C=O) groups excluding carboxylic acids is 1.